The van der Waals surface area contributed by atoms with Gasteiger partial charge in [-0.2, -0.15) is 5.10 Å². The highest BCUT2D eigenvalue weighted by Crippen LogP contribution is 2.29. The number of nitrogens with two attached hydrogens (primary N) is 1. The maximum atomic E-state index is 12.8. The number of anilines is 1. The Hall–Kier alpha value is -1.50. The van der Waals surface area contributed by atoms with Gasteiger partial charge in [-0.25, -0.2) is 8.78 Å². The van der Waals surface area contributed by atoms with Crippen molar-refractivity contribution >= 4 is 11.6 Å². The Kier molecular flexibility index (Phi) is 4.69. The first-order valence-corrected chi connectivity index (χ1v) is 6.85. The van der Waals surface area contributed by atoms with Crippen LogP contribution < -0.4 is 11.1 Å². The van der Waals surface area contributed by atoms with E-state index in [9.17, 15) is 13.6 Å². The van der Waals surface area contributed by atoms with Crippen LogP contribution in [0.1, 0.15) is 44.2 Å². The van der Waals surface area contributed by atoms with Gasteiger partial charge in [-0.05, 0) is 12.3 Å². The number of aromatic nitrogens is 2. The van der Waals surface area contributed by atoms with E-state index in [-0.39, 0.29) is 5.69 Å². The second-order valence-electron chi connectivity index (χ2n) is 5.38. The summed E-state index contributed by atoms with van der Waals surface area (Å²) in [7, 11) is 1.53. The molecule has 1 aliphatic rings. The molecule has 3 N–H and O–H groups in total. The quantitative estimate of drug-likeness (QED) is 0.871. The third-order valence-corrected chi connectivity index (χ3v) is 3.72. The molecule has 1 saturated carbocycles. The van der Waals surface area contributed by atoms with Crippen LogP contribution in [0, 0.1) is 5.92 Å². The number of amides is 1. The minimum Gasteiger partial charge on any atom is -0.322 e. The highest BCUT2D eigenvalue weighted by Gasteiger charge is 2.24. The van der Waals surface area contributed by atoms with Gasteiger partial charge in [-0.15, -0.1) is 0 Å². The average Bonchev–Trinajstić information content (AvgIpc) is 2.98. The predicted molar refractivity (Wildman–Crippen MR) is 71.3 cm³/mol. The van der Waals surface area contributed by atoms with E-state index < -0.39 is 24.1 Å². The first kappa shape index (κ1) is 14.9. The number of nitrogens with one attached hydrogen (secondary N) is 1. The zero-order valence-electron chi connectivity index (χ0n) is 11.5. The lowest BCUT2D eigenvalue weighted by molar-refractivity contribution is -0.117. The maximum Gasteiger partial charge on any atom is 0.284 e. The number of nitrogens with zero attached hydrogens (tertiary/aromatic N) is 2. The summed E-state index contributed by atoms with van der Waals surface area (Å²) in [4.78, 5) is 12.0. The van der Waals surface area contributed by atoms with Crippen LogP contribution in [0.5, 0.6) is 0 Å². The number of alkyl halides is 2. The van der Waals surface area contributed by atoms with Crippen LogP contribution >= 0.6 is 0 Å². The van der Waals surface area contributed by atoms with E-state index in [1.54, 1.807) is 0 Å². The van der Waals surface area contributed by atoms with Gasteiger partial charge in [0.25, 0.3) is 6.43 Å². The molecule has 112 valence electrons. The van der Waals surface area contributed by atoms with Crippen LogP contribution in [0.3, 0.4) is 0 Å². The topological polar surface area (TPSA) is 72.9 Å². The summed E-state index contributed by atoms with van der Waals surface area (Å²) in [6.07, 6.45) is 3.79. The summed E-state index contributed by atoms with van der Waals surface area (Å²) in [5.41, 5.74) is 5.47. The Morgan fingerprint density at radius 3 is 2.80 bits per heavy atom. The molecule has 0 spiro atoms. The van der Waals surface area contributed by atoms with Gasteiger partial charge in [0.2, 0.25) is 5.91 Å². The number of carbonyl (C=O) groups excluding carboxylic acids is 1. The minimum atomic E-state index is -2.72. The monoisotopic (exact) mass is 286 g/mol. The lowest BCUT2D eigenvalue weighted by Gasteiger charge is -2.15. The standard InChI is InChI=1S/C13H20F2N4O/c1-19-7-10(11(18-19)12(14)15)17-13(20)9(16)6-8-4-2-3-5-8/h7-9,12H,2-6,16H2,1H3,(H,17,20)/t9-/m0/s1. The maximum absolute atomic E-state index is 12.8. The van der Waals surface area contributed by atoms with Gasteiger partial charge in [0, 0.05) is 13.2 Å². The second kappa shape index (κ2) is 6.30. The highest BCUT2D eigenvalue weighted by atomic mass is 19.3. The Morgan fingerprint density at radius 1 is 1.55 bits per heavy atom. The number of hydrogen-bond donors (Lipinski definition) is 2. The summed E-state index contributed by atoms with van der Waals surface area (Å²) in [5.74, 6) is 0.0472. The Bertz CT molecular complexity index is 469. The fourth-order valence-corrected chi connectivity index (χ4v) is 2.70. The zero-order chi connectivity index (χ0) is 14.7. The highest BCUT2D eigenvalue weighted by molar-refractivity contribution is 5.95. The molecule has 1 aromatic rings. The predicted octanol–water partition coefficient (Wildman–Crippen LogP) is 2.20. The Morgan fingerprint density at radius 2 is 2.20 bits per heavy atom. The van der Waals surface area contributed by atoms with E-state index in [1.807, 2.05) is 0 Å². The Labute approximate surface area is 116 Å². The molecule has 1 aromatic heterocycles. The van der Waals surface area contributed by atoms with Crippen LogP contribution in [-0.2, 0) is 11.8 Å². The van der Waals surface area contributed by atoms with Crippen molar-refractivity contribution in [2.75, 3.05) is 5.32 Å². The van der Waals surface area contributed by atoms with Crippen molar-refractivity contribution in [1.29, 1.82) is 0 Å². The third kappa shape index (κ3) is 3.53. The van der Waals surface area contributed by atoms with Gasteiger partial charge in [0.05, 0.1) is 11.7 Å². The van der Waals surface area contributed by atoms with Crippen molar-refractivity contribution < 1.29 is 13.6 Å². The van der Waals surface area contributed by atoms with Crippen molar-refractivity contribution in [2.45, 2.75) is 44.6 Å². The lowest BCUT2D eigenvalue weighted by atomic mass is 9.98. The molecule has 1 atom stereocenters. The molecule has 0 unspecified atom stereocenters. The minimum absolute atomic E-state index is 0.0365. The third-order valence-electron chi connectivity index (χ3n) is 3.72. The first-order valence-electron chi connectivity index (χ1n) is 6.85. The van der Waals surface area contributed by atoms with Gasteiger partial charge in [-0.1, -0.05) is 25.7 Å². The van der Waals surface area contributed by atoms with E-state index in [1.165, 1.54) is 30.8 Å². The molecule has 1 aliphatic carbocycles. The largest absolute Gasteiger partial charge is 0.322 e. The summed E-state index contributed by atoms with van der Waals surface area (Å²) < 4.78 is 26.8. The molecular weight excluding hydrogens is 266 g/mol. The normalized spacial score (nSPS) is 17.6. The van der Waals surface area contributed by atoms with Crippen molar-refractivity contribution in [3.05, 3.63) is 11.9 Å². The molecule has 1 fully saturated rings. The molecular formula is C13H20F2N4O. The SMILES string of the molecule is Cn1cc(NC(=O)[C@@H](N)CC2CCCC2)c(C(F)F)n1. The van der Waals surface area contributed by atoms with Crippen LogP contribution in [0.25, 0.3) is 0 Å². The van der Waals surface area contributed by atoms with Crippen molar-refractivity contribution in [1.82, 2.24) is 9.78 Å². The molecule has 0 aromatic carbocycles. The molecule has 1 heterocycles. The van der Waals surface area contributed by atoms with E-state index in [2.05, 4.69) is 10.4 Å². The van der Waals surface area contributed by atoms with E-state index in [0.29, 0.717) is 12.3 Å². The van der Waals surface area contributed by atoms with Crippen molar-refractivity contribution in [3.63, 3.8) is 0 Å². The fraction of sp³-hybridized carbons (Fsp3) is 0.692. The van der Waals surface area contributed by atoms with Crippen LogP contribution in [0.2, 0.25) is 0 Å². The summed E-state index contributed by atoms with van der Waals surface area (Å²) in [6, 6.07) is -0.663. The molecule has 1 amide bonds. The summed E-state index contributed by atoms with van der Waals surface area (Å²) in [6.45, 7) is 0. The molecule has 0 aliphatic heterocycles. The van der Waals surface area contributed by atoms with Gasteiger partial charge in [0.1, 0.15) is 0 Å². The zero-order valence-corrected chi connectivity index (χ0v) is 11.5. The summed E-state index contributed by atoms with van der Waals surface area (Å²) in [5, 5.41) is 6.10. The Balaban J connectivity index is 1.96. The number of aryl methyl sites for hydroxylation is 1. The second-order valence-corrected chi connectivity index (χ2v) is 5.38. The number of carbonyl (C=O) groups is 1. The molecule has 5 nitrogen and oxygen atoms in total. The molecule has 0 saturated heterocycles. The van der Waals surface area contributed by atoms with Crippen LogP contribution in [-0.4, -0.2) is 21.7 Å². The van der Waals surface area contributed by atoms with Crippen molar-refractivity contribution in [2.24, 2.45) is 18.7 Å². The van der Waals surface area contributed by atoms with Crippen LogP contribution in [0.4, 0.5) is 14.5 Å². The number of hydrogen-bond acceptors (Lipinski definition) is 3. The van der Waals surface area contributed by atoms with E-state index >= 15 is 0 Å². The number of rotatable bonds is 5. The number of halogens is 2. The van der Waals surface area contributed by atoms with Gasteiger partial charge >= 0.3 is 0 Å². The fourth-order valence-electron chi connectivity index (χ4n) is 2.70. The van der Waals surface area contributed by atoms with E-state index in [0.717, 1.165) is 12.8 Å². The van der Waals surface area contributed by atoms with Gasteiger partial charge in [-0.3, -0.25) is 9.48 Å². The smallest absolute Gasteiger partial charge is 0.284 e. The van der Waals surface area contributed by atoms with Gasteiger partial charge < -0.3 is 11.1 Å². The molecule has 2 rings (SSSR count). The van der Waals surface area contributed by atoms with Gasteiger partial charge in [0.15, 0.2) is 5.69 Å². The van der Waals surface area contributed by atoms with Crippen LogP contribution in [0.15, 0.2) is 6.20 Å². The lowest BCUT2D eigenvalue weighted by Crippen LogP contribution is -2.37. The first-order chi connectivity index (χ1) is 9.47. The summed E-state index contributed by atoms with van der Waals surface area (Å²) >= 11 is 0. The van der Waals surface area contributed by atoms with E-state index in [4.69, 9.17) is 5.73 Å². The molecule has 0 radical (unpaired) electrons. The average molecular weight is 286 g/mol. The molecule has 20 heavy (non-hydrogen) atoms. The molecule has 7 heteroatoms. The molecule has 0 bridgehead atoms. The van der Waals surface area contributed by atoms with Crippen molar-refractivity contribution in [3.8, 4) is 0 Å².